The van der Waals surface area contributed by atoms with E-state index in [1.54, 1.807) is 37.3 Å². The van der Waals surface area contributed by atoms with Crippen LogP contribution < -0.4 is 9.64 Å². The number of carbonyl (C=O) groups excluding carboxylic acids is 3. The molecule has 3 aromatic rings. The number of aryl methyl sites for hydroxylation is 1. The molecule has 0 bridgehead atoms. The van der Waals surface area contributed by atoms with E-state index in [9.17, 15) is 19.5 Å². The van der Waals surface area contributed by atoms with Crippen LogP contribution in [0.4, 0.5) is 9.52 Å². The van der Waals surface area contributed by atoms with E-state index in [-0.39, 0.29) is 39.0 Å². The van der Waals surface area contributed by atoms with Crippen LogP contribution in [-0.4, -0.2) is 41.0 Å². The second-order valence-electron chi connectivity index (χ2n) is 8.72. The minimum Gasteiger partial charge on any atom is -0.507 e. The van der Waals surface area contributed by atoms with Gasteiger partial charge >= 0.3 is 11.9 Å². The predicted molar refractivity (Wildman–Crippen MR) is 145 cm³/mol. The highest BCUT2D eigenvalue weighted by atomic mass is 32.1. The van der Waals surface area contributed by atoms with Crippen LogP contribution in [0, 0.1) is 12.7 Å². The molecule has 39 heavy (non-hydrogen) atoms. The number of anilines is 1. The largest absolute Gasteiger partial charge is 0.507 e. The Kier molecular flexibility index (Phi) is 8.55. The predicted octanol–water partition coefficient (Wildman–Crippen LogP) is 5.74. The van der Waals surface area contributed by atoms with Gasteiger partial charge < -0.3 is 14.6 Å². The lowest BCUT2D eigenvalue weighted by atomic mass is 9.95. The number of amides is 1. The van der Waals surface area contributed by atoms with Gasteiger partial charge in [-0.25, -0.2) is 14.2 Å². The molecule has 1 saturated heterocycles. The SMILES string of the molecule is C=CCOC(=O)c1sc(N2C(=O)C(=O)C(=C(O)c3ccc(OCCCC)cc3)[C@@H]2c2ccccc2F)nc1C. The third-order valence-electron chi connectivity index (χ3n) is 6.05. The summed E-state index contributed by atoms with van der Waals surface area (Å²) in [5.74, 6) is -3.25. The fourth-order valence-corrected chi connectivity index (χ4v) is 5.08. The first-order valence-corrected chi connectivity index (χ1v) is 13.1. The molecule has 1 aromatic heterocycles. The van der Waals surface area contributed by atoms with E-state index in [2.05, 4.69) is 11.6 Å². The van der Waals surface area contributed by atoms with Crippen LogP contribution in [0.1, 0.15) is 52.3 Å². The van der Waals surface area contributed by atoms with Crippen molar-refractivity contribution in [3.63, 3.8) is 0 Å². The van der Waals surface area contributed by atoms with E-state index in [1.165, 1.54) is 24.3 Å². The number of hydrogen-bond acceptors (Lipinski definition) is 8. The Morgan fingerprint density at radius 2 is 1.92 bits per heavy atom. The fourth-order valence-electron chi connectivity index (χ4n) is 4.09. The molecular formula is C29H27FN2O6S. The molecule has 1 aliphatic rings. The number of halogens is 1. The highest BCUT2D eigenvalue weighted by molar-refractivity contribution is 7.17. The number of aromatic nitrogens is 1. The third kappa shape index (κ3) is 5.61. The average molecular weight is 551 g/mol. The number of esters is 1. The molecular weight excluding hydrogens is 523 g/mol. The average Bonchev–Trinajstić information content (AvgIpc) is 3.44. The molecule has 202 valence electrons. The van der Waals surface area contributed by atoms with Crippen LogP contribution in [0.2, 0.25) is 0 Å². The van der Waals surface area contributed by atoms with Crippen molar-refractivity contribution in [1.29, 1.82) is 0 Å². The minimum atomic E-state index is -1.32. The number of aliphatic hydroxyl groups excluding tert-OH is 1. The van der Waals surface area contributed by atoms with Crippen molar-refractivity contribution in [1.82, 2.24) is 4.98 Å². The van der Waals surface area contributed by atoms with Crippen LogP contribution in [0.15, 0.2) is 66.8 Å². The Hall–Kier alpha value is -4.31. The first kappa shape index (κ1) is 27.7. The summed E-state index contributed by atoms with van der Waals surface area (Å²) < 4.78 is 25.9. The number of carbonyl (C=O) groups is 3. The number of aliphatic hydroxyl groups is 1. The normalized spacial score (nSPS) is 16.4. The molecule has 1 fully saturated rings. The lowest BCUT2D eigenvalue weighted by molar-refractivity contribution is -0.132. The Balaban J connectivity index is 1.81. The van der Waals surface area contributed by atoms with Crippen molar-refractivity contribution in [2.75, 3.05) is 18.1 Å². The van der Waals surface area contributed by atoms with E-state index in [0.29, 0.717) is 12.4 Å². The molecule has 8 nitrogen and oxygen atoms in total. The molecule has 0 unspecified atom stereocenters. The Labute approximate surface area is 229 Å². The van der Waals surface area contributed by atoms with Gasteiger partial charge in [-0.1, -0.05) is 55.5 Å². The lowest BCUT2D eigenvalue weighted by Crippen LogP contribution is -2.29. The van der Waals surface area contributed by atoms with Gasteiger partial charge in [0.15, 0.2) is 5.13 Å². The summed E-state index contributed by atoms with van der Waals surface area (Å²) in [7, 11) is 0. The monoisotopic (exact) mass is 550 g/mol. The topological polar surface area (TPSA) is 106 Å². The van der Waals surface area contributed by atoms with Crippen LogP contribution in [0.5, 0.6) is 5.75 Å². The van der Waals surface area contributed by atoms with Gasteiger partial charge in [0, 0.05) is 11.1 Å². The second-order valence-corrected chi connectivity index (χ2v) is 9.69. The number of ether oxygens (including phenoxy) is 2. The first-order chi connectivity index (χ1) is 18.8. The van der Waals surface area contributed by atoms with Gasteiger partial charge in [-0.3, -0.25) is 14.5 Å². The number of nitrogens with zero attached hydrogens (tertiary/aromatic N) is 2. The van der Waals surface area contributed by atoms with Crippen molar-refractivity contribution < 1.29 is 33.4 Å². The summed E-state index contributed by atoms with van der Waals surface area (Å²) in [4.78, 5) is 44.6. The number of ketones is 1. The summed E-state index contributed by atoms with van der Waals surface area (Å²) >= 11 is 0.836. The quantitative estimate of drug-likeness (QED) is 0.0857. The highest BCUT2D eigenvalue weighted by Gasteiger charge is 2.49. The number of benzene rings is 2. The zero-order valence-electron chi connectivity index (χ0n) is 21.5. The fraction of sp³-hybridized carbons (Fsp3) is 0.241. The van der Waals surface area contributed by atoms with Gasteiger partial charge in [0.1, 0.15) is 34.9 Å². The van der Waals surface area contributed by atoms with E-state index >= 15 is 4.39 Å². The van der Waals surface area contributed by atoms with Crippen LogP contribution in [-0.2, 0) is 14.3 Å². The summed E-state index contributed by atoms with van der Waals surface area (Å²) in [5, 5.41) is 11.3. The van der Waals surface area contributed by atoms with Crippen molar-refractivity contribution in [2.24, 2.45) is 0 Å². The van der Waals surface area contributed by atoms with Crippen molar-refractivity contribution in [2.45, 2.75) is 32.7 Å². The molecule has 0 saturated carbocycles. The maximum Gasteiger partial charge on any atom is 0.350 e. The molecule has 2 heterocycles. The zero-order chi connectivity index (χ0) is 28.1. The van der Waals surface area contributed by atoms with Crippen molar-refractivity contribution in [3.8, 4) is 5.75 Å². The molecule has 2 aromatic carbocycles. The smallest absolute Gasteiger partial charge is 0.350 e. The van der Waals surface area contributed by atoms with Gasteiger partial charge in [0.2, 0.25) is 0 Å². The standard InChI is InChI=1S/C29H27FN2O6S/c1-4-6-16-37-19-13-11-18(12-14-19)24(33)22-23(20-9-7-8-10-21(20)30)32(27(35)25(22)34)29-31-17(3)26(39-29)28(36)38-15-5-2/h5,7-14,23,33H,2,4,6,15-16H2,1,3H3/t23-/m0/s1. The molecule has 1 N–H and O–H groups in total. The molecule has 1 amide bonds. The van der Waals surface area contributed by atoms with E-state index in [0.717, 1.165) is 29.1 Å². The summed E-state index contributed by atoms with van der Waals surface area (Å²) in [6.07, 6.45) is 3.28. The lowest BCUT2D eigenvalue weighted by Gasteiger charge is -2.23. The number of thiazole rings is 1. The molecule has 0 aliphatic carbocycles. The van der Waals surface area contributed by atoms with Crippen LogP contribution >= 0.6 is 11.3 Å². The first-order valence-electron chi connectivity index (χ1n) is 12.3. The van der Waals surface area contributed by atoms with Crippen molar-refractivity contribution >= 4 is 39.9 Å². The van der Waals surface area contributed by atoms with E-state index in [1.807, 2.05) is 6.92 Å². The van der Waals surface area contributed by atoms with E-state index in [4.69, 9.17) is 9.47 Å². The molecule has 10 heteroatoms. The Bertz CT molecular complexity index is 1450. The molecule has 4 rings (SSSR count). The maximum absolute atomic E-state index is 15.1. The third-order valence-corrected chi connectivity index (χ3v) is 7.18. The summed E-state index contributed by atoms with van der Waals surface area (Å²) in [5.41, 5.74) is 0.216. The zero-order valence-corrected chi connectivity index (χ0v) is 22.3. The summed E-state index contributed by atoms with van der Waals surface area (Å²) in [6.45, 7) is 7.63. The van der Waals surface area contributed by atoms with E-state index < -0.39 is 35.3 Å². The van der Waals surface area contributed by atoms with Crippen LogP contribution in [0.3, 0.4) is 0 Å². The van der Waals surface area contributed by atoms with Gasteiger partial charge in [-0.05, 0) is 43.7 Å². The minimum absolute atomic E-state index is 0.00729. The number of hydrogen-bond donors (Lipinski definition) is 1. The Morgan fingerprint density at radius 1 is 1.21 bits per heavy atom. The molecule has 1 aliphatic heterocycles. The number of unbranched alkanes of at least 4 members (excludes halogenated alkanes) is 1. The maximum atomic E-state index is 15.1. The summed E-state index contributed by atoms with van der Waals surface area (Å²) in [6, 6.07) is 10.7. The number of rotatable bonds is 10. The molecule has 0 spiro atoms. The number of Topliss-reactive ketones (excluding diaryl/α,β-unsaturated/α-hetero) is 1. The van der Waals surface area contributed by atoms with Gasteiger partial charge in [0.05, 0.1) is 17.9 Å². The van der Waals surface area contributed by atoms with Crippen LogP contribution in [0.25, 0.3) is 5.76 Å². The van der Waals surface area contributed by atoms with Gasteiger partial charge in [-0.2, -0.15) is 0 Å². The highest BCUT2D eigenvalue weighted by Crippen LogP contribution is 2.44. The van der Waals surface area contributed by atoms with Gasteiger partial charge in [0.25, 0.3) is 5.78 Å². The second kappa shape index (κ2) is 12.0. The Morgan fingerprint density at radius 3 is 2.59 bits per heavy atom. The van der Waals surface area contributed by atoms with Crippen molar-refractivity contribution in [3.05, 3.63) is 94.3 Å². The molecule has 0 radical (unpaired) electrons. The molecule has 1 atom stereocenters. The van der Waals surface area contributed by atoms with Gasteiger partial charge in [-0.15, -0.1) is 0 Å².